The van der Waals surface area contributed by atoms with Gasteiger partial charge in [0.2, 0.25) is 0 Å². The number of nitrogens with one attached hydrogen (secondary N) is 2. The first kappa shape index (κ1) is 29.8. The molecule has 20 heteroatoms. The largest absolute Gasteiger partial charge is 0.490 e. The summed E-state index contributed by atoms with van der Waals surface area (Å²) in [5.41, 5.74) is 12.3. The predicted molar refractivity (Wildman–Crippen MR) is 152 cm³/mol. The highest BCUT2D eigenvalue weighted by molar-refractivity contribution is 7.84. The topological polar surface area (TPSA) is 255 Å². The van der Waals surface area contributed by atoms with Crippen molar-refractivity contribution in [1.82, 2.24) is 34.7 Å². The average Bonchev–Trinajstić information content (AvgIpc) is 3.62. The molecule has 228 valence electrons. The minimum Gasteiger partial charge on any atom is -0.490 e. The molecule has 2 aliphatic rings. The quantitative estimate of drug-likeness (QED) is 0.0341. The SMILES string of the molecule is NC(=NC1CNC1)c1ccc(OCCO/N=C(\C(=O)NC2C(=O)N(S(=O)(=O)O)C2Cn2cncn2)c2csc(N)n2)cc1. The smallest absolute Gasteiger partial charge is 0.362 e. The zero-order valence-electron chi connectivity index (χ0n) is 22.3. The number of carbonyl (C=O) groups is 2. The number of rotatable bonds is 13. The normalized spacial score (nSPS) is 19.5. The van der Waals surface area contributed by atoms with Crippen molar-refractivity contribution in [2.24, 2.45) is 15.9 Å². The molecule has 0 bridgehead atoms. The maximum Gasteiger partial charge on any atom is 0.362 e. The molecule has 2 aromatic heterocycles. The molecule has 43 heavy (non-hydrogen) atoms. The van der Waals surface area contributed by atoms with E-state index in [1.807, 2.05) is 0 Å². The Hall–Kier alpha value is -4.66. The van der Waals surface area contributed by atoms with Crippen LogP contribution in [0.1, 0.15) is 11.3 Å². The number of aliphatic imine (C=N–C) groups is 1. The molecule has 2 fully saturated rings. The van der Waals surface area contributed by atoms with Gasteiger partial charge < -0.3 is 31.7 Å². The number of nitrogen functional groups attached to an aromatic ring is 1. The van der Waals surface area contributed by atoms with Gasteiger partial charge in [-0.15, -0.1) is 11.3 Å². The molecular formula is C23H27N11O7S2. The highest BCUT2D eigenvalue weighted by Gasteiger charge is 2.54. The number of amidine groups is 1. The van der Waals surface area contributed by atoms with Gasteiger partial charge in [0, 0.05) is 24.0 Å². The van der Waals surface area contributed by atoms with Crippen LogP contribution >= 0.6 is 11.3 Å². The van der Waals surface area contributed by atoms with Crippen LogP contribution in [0.4, 0.5) is 5.13 Å². The van der Waals surface area contributed by atoms with Crippen molar-refractivity contribution in [3.63, 3.8) is 0 Å². The Morgan fingerprint density at radius 3 is 2.63 bits per heavy atom. The van der Waals surface area contributed by atoms with Gasteiger partial charge in [-0.1, -0.05) is 5.16 Å². The minimum atomic E-state index is -4.90. The van der Waals surface area contributed by atoms with Crippen molar-refractivity contribution in [2.45, 2.75) is 24.7 Å². The monoisotopic (exact) mass is 633 g/mol. The van der Waals surface area contributed by atoms with E-state index in [1.54, 1.807) is 24.3 Å². The number of β-lactam (4-membered cyclic amide) rings is 1. The summed E-state index contributed by atoms with van der Waals surface area (Å²) in [6, 6.07) is 4.70. The second-order valence-electron chi connectivity index (χ2n) is 9.29. The van der Waals surface area contributed by atoms with Gasteiger partial charge in [-0.05, 0) is 24.3 Å². The van der Waals surface area contributed by atoms with E-state index in [0.717, 1.165) is 30.0 Å². The molecule has 0 radical (unpaired) electrons. The third-order valence-corrected chi connectivity index (χ3v) is 7.98. The Morgan fingerprint density at radius 2 is 2.02 bits per heavy atom. The number of hydrogen-bond donors (Lipinski definition) is 5. The summed E-state index contributed by atoms with van der Waals surface area (Å²) in [6.07, 6.45) is 2.50. The maximum atomic E-state index is 13.2. The van der Waals surface area contributed by atoms with Crippen molar-refractivity contribution in [3.8, 4) is 5.75 Å². The molecule has 2 unspecified atom stereocenters. The van der Waals surface area contributed by atoms with Gasteiger partial charge in [-0.3, -0.25) is 23.8 Å². The summed E-state index contributed by atoms with van der Waals surface area (Å²) < 4.78 is 40.2. The van der Waals surface area contributed by atoms with Crippen LogP contribution in [0.3, 0.4) is 0 Å². The molecule has 4 heterocycles. The first-order valence-corrected chi connectivity index (χ1v) is 15.0. The van der Waals surface area contributed by atoms with E-state index in [1.165, 1.54) is 22.7 Å². The molecule has 2 aliphatic heterocycles. The lowest BCUT2D eigenvalue weighted by molar-refractivity contribution is -0.145. The van der Waals surface area contributed by atoms with Gasteiger partial charge in [0.15, 0.2) is 17.5 Å². The van der Waals surface area contributed by atoms with Crippen LogP contribution < -0.4 is 26.8 Å². The Bertz CT molecular complexity index is 1620. The molecule has 2 saturated heterocycles. The molecule has 1 aromatic carbocycles. The van der Waals surface area contributed by atoms with E-state index in [0.29, 0.717) is 11.6 Å². The summed E-state index contributed by atoms with van der Waals surface area (Å²) in [5.74, 6) is -0.949. The molecule has 18 nitrogen and oxygen atoms in total. The zero-order valence-corrected chi connectivity index (χ0v) is 23.9. The Kier molecular flexibility index (Phi) is 8.80. The number of hydrogen-bond acceptors (Lipinski definition) is 14. The van der Waals surface area contributed by atoms with E-state index in [-0.39, 0.29) is 46.6 Å². The number of ether oxygens (including phenoxy) is 1. The van der Waals surface area contributed by atoms with Crippen LogP contribution in [0.5, 0.6) is 5.75 Å². The summed E-state index contributed by atoms with van der Waals surface area (Å²) in [4.78, 5) is 43.3. The molecule has 2 atom stereocenters. The summed E-state index contributed by atoms with van der Waals surface area (Å²) >= 11 is 1.05. The lowest BCUT2D eigenvalue weighted by Gasteiger charge is -2.43. The fraction of sp³-hybridized carbons (Fsp3) is 0.348. The second-order valence-corrected chi connectivity index (χ2v) is 11.5. The first-order valence-electron chi connectivity index (χ1n) is 12.7. The van der Waals surface area contributed by atoms with Gasteiger partial charge >= 0.3 is 10.3 Å². The Labute approximate surface area is 248 Å². The number of aromatic nitrogens is 4. The fourth-order valence-electron chi connectivity index (χ4n) is 4.13. The molecule has 2 amide bonds. The first-order chi connectivity index (χ1) is 20.6. The van der Waals surface area contributed by atoms with Crippen LogP contribution in [0, 0.1) is 0 Å². The van der Waals surface area contributed by atoms with Gasteiger partial charge in [-0.25, -0.2) is 14.3 Å². The number of thiazole rings is 1. The van der Waals surface area contributed by atoms with Gasteiger partial charge in [0.05, 0.1) is 18.6 Å². The Morgan fingerprint density at radius 1 is 1.26 bits per heavy atom. The predicted octanol–water partition coefficient (Wildman–Crippen LogP) is -2.01. The third kappa shape index (κ3) is 7.05. The number of nitrogens with two attached hydrogens (primary N) is 2. The van der Waals surface area contributed by atoms with Crippen LogP contribution in [-0.2, 0) is 31.3 Å². The summed E-state index contributed by atoms with van der Waals surface area (Å²) in [5, 5.41) is 14.9. The van der Waals surface area contributed by atoms with Crippen molar-refractivity contribution in [2.75, 3.05) is 32.0 Å². The van der Waals surface area contributed by atoms with Crippen LogP contribution in [0.15, 0.2) is 52.4 Å². The molecule has 0 saturated carbocycles. The molecular weight excluding hydrogens is 606 g/mol. The number of amides is 2. The highest BCUT2D eigenvalue weighted by Crippen LogP contribution is 2.25. The van der Waals surface area contributed by atoms with Crippen molar-refractivity contribution in [3.05, 3.63) is 53.6 Å². The number of benzene rings is 1. The van der Waals surface area contributed by atoms with Crippen molar-refractivity contribution in [1.29, 1.82) is 0 Å². The lowest BCUT2D eigenvalue weighted by Crippen LogP contribution is -2.73. The van der Waals surface area contributed by atoms with E-state index < -0.39 is 34.2 Å². The van der Waals surface area contributed by atoms with Crippen molar-refractivity contribution >= 4 is 50.1 Å². The molecule has 5 rings (SSSR count). The van der Waals surface area contributed by atoms with E-state index in [2.05, 4.69) is 35.8 Å². The molecule has 0 spiro atoms. The number of carbonyl (C=O) groups excluding carboxylic acids is 2. The lowest BCUT2D eigenvalue weighted by atomic mass is 9.98. The number of oxime groups is 1. The van der Waals surface area contributed by atoms with Crippen LogP contribution in [0.2, 0.25) is 0 Å². The Balaban J connectivity index is 1.20. The summed E-state index contributed by atoms with van der Waals surface area (Å²) in [7, 11) is -4.90. The van der Waals surface area contributed by atoms with Crippen LogP contribution in [0.25, 0.3) is 0 Å². The van der Waals surface area contributed by atoms with Crippen molar-refractivity contribution < 1.29 is 32.1 Å². The van der Waals surface area contributed by atoms with Gasteiger partial charge in [0.1, 0.15) is 42.6 Å². The van der Waals surface area contributed by atoms with Crippen LogP contribution in [-0.4, -0.2) is 105 Å². The van der Waals surface area contributed by atoms with Gasteiger partial charge in [-0.2, -0.15) is 13.5 Å². The van der Waals surface area contributed by atoms with Gasteiger partial charge in [0.25, 0.3) is 11.8 Å². The second kappa shape index (κ2) is 12.7. The van der Waals surface area contributed by atoms with E-state index in [4.69, 9.17) is 21.0 Å². The molecule has 7 N–H and O–H groups in total. The molecule has 3 aromatic rings. The fourth-order valence-corrected chi connectivity index (χ4v) is 5.55. The average molecular weight is 634 g/mol. The standard InChI is InChI=1S/C23H27N11O7S2/c24-20(29-14-7-26-8-14)13-1-3-15(4-2-13)40-5-6-41-32-18(16-10-42-23(25)30-16)21(35)31-19-17(9-33-12-27-11-28-33)34(22(19)36)43(37,38)39/h1-4,10-12,14,17,19,26H,5-9H2,(H2,24,29)(H2,25,30)(H,31,35)(H,37,38,39)/b32-18-. The van der Waals surface area contributed by atoms with E-state index in [9.17, 15) is 22.6 Å². The summed E-state index contributed by atoms with van der Waals surface area (Å²) in [6.45, 7) is 1.43. The third-order valence-electron chi connectivity index (χ3n) is 6.36. The zero-order chi connectivity index (χ0) is 30.6. The van der Waals surface area contributed by atoms with E-state index >= 15 is 0 Å². The number of anilines is 1. The number of nitrogens with zero attached hydrogens (tertiary/aromatic N) is 7. The minimum absolute atomic E-state index is 0.0652. The highest BCUT2D eigenvalue weighted by atomic mass is 32.2. The molecule has 0 aliphatic carbocycles. The maximum absolute atomic E-state index is 13.2.